The fourth-order valence-corrected chi connectivity index (χ4v) is 13.3. The van der Waals surface area contributed by atoms with Crippen molar-refractivity contribution in [3.8, 4) is 23.0 Å². The van der Waals surface area contributed by atoms with Gasteiger partial charge in [0, 0.05) is 65.1 Å². The normalized spacial score (nSPS) is 15.7. The maximum Gasteiger partial charge on any atom is 0.277 e. The van der Waals surface area contributed by atoms with Crippen LogP contribution in [0.3, 0.4) is 0 Å². The van der Waals surface area contributed by atoms with Gasteiger partial charge in [-0.1, -0.05) is 67.5 Å². The molecule has 6 nitrogen and oxygen atoms in total. The molecule has 0 atom stereocenters. The van der Waals surface area contributed by atoms with Gasteiger partial charge in [0.1, 0.15) is 0 Å². The zero-order valence-electron chi connectivity index (χ0n) is 39.5. The molecule has 9 heteroatoms. The highest BCUT2D eigenvalue weighted by molar-refractivity contribution is 7.40. The number of benzene rings is 5. The number of nitrogens with zero attached hydrogens (tertiary/aromatic N) is 2. The molecule has 0 fully saturated rings. The standard InChI is InChI=1S/C55H59BN2O4S2/c1-29(2)34-25-39-45-40(26-34)58(47-31(4)24-42-51(33(47)6)62-22-14-20-60-42)49-38-28-36(55(10,11)12)16-18-44(38)64-53(49)56(45)52-48(37-27-35(54(7,8)9)15-17-43(37)63-52)57(39)46-30(3)23-41-50(32(46)5)61-21-13-19-59-41/h15-18,23-29H,13-14,19-22H2,1-12H3. The van der Waals surface area contributed by atoms with E-state index in [0.29, 0.717) is 26.4 Å². The predicted octanol–water partition coefficient (Wildman–Crippen LogP) is 13.5. The van der Waals surface area contributed by atoms with Gasteiger partial charge in [0.25, 0.3) is 6.71 Å². The van der Waals surface area contributed by atoms with Crippen molar-refractivity contribution in [3.05, 3.63) is 99.6 Å². The summed E-state index contributed by atoms with van der Waals surface area (Å²) in [6.45, 7) is 30.2. The Labute approximate surface area is 387 Å². The highest BCUT2D eigenvalue weighted by Gasteiger charge is 2.48. The van der Waals surface area contributed by atoms with E-state index in [0.717, 1.165) is 47.0 Å². The van der Waals surface area contributed by atoms with E-state index in [1.807, 2.05) is 22.7 Å². The van der Waals surface area contributed by atoms with Crippen LogP contribution in [0.2, 0.25) is 0 Å². The number of anilines is 6. The molecule has 64 heavy (non-hydrogen) atoms. The van der Waals surface area contributed by atoms with Gasteiger partial charge in [0.15, 0.2) is 23.0 Å². The highest BCUT2D eigenvalue weighted by Crippen LogP contribution is 2.56. The lowest BCUT2D eigenvalue weighted by molar-refractivity contribution is 0.296. The molecule has 0 bridgehead atoms. The van der Waals surface area contributed by atoms with Gasteiger partial charge in [-0.15, -0.1) is 22.7 Å². The SMILES string of the molecule is Cc1cc2c(c(C)c1N1c3cc(C(C)C)cc4c3B(c3sc5ccc(C(C)(C)C)cc5c31)c1sc3ccc(C(C)(C)C)cc3c1N4c1c(C)cc3c(c1C)OCCCO3)OCCCO2. The smallest absolute Gasteiger partial charge is 0.277 e. The number of ether oxygens (including phenoxy) is 4. The Morgan fingerprint density at radius 3 is 1.38 bits per heavy atom. The zero-order chi connectivity index (χ0) is 44.7. The first kappa shape index (κ1) is 41.6. The van der Waals surface area contributed by atoms with Crippen LogP contribution in [-0.4, -0.2) is 33.1 Å². The average Bonchev–Trinajstić information content (AvgIpc) is 3.58. The quantitative estimate of drug-likeness (QED) is 0.165. The topological polar surface area (TPSA) is 43.4 Å². The van der Waals surface area contributed by atoms with Crippen LogP contribution in [0.4, 0.5) is 34.1 Å². The van der Waals surface area contributed by atoms with Crippen LogP contribution in [0.1, 0.15) is 113 Å². The van der Waals surface area contributed by atoms with Crippen molar-refractivity contribution in [1.82, 2.24) is 0 Å². The van der Waals surface area contributed by atoms with E-state index in [2.05, 4.69) is 154 Å². The van der Waals surface area contributed by atoms with Gasteiger partial charge in [-0.25, -0.2) is 0 Å². The molecule has 5 aromatic carbocycles. The molecule has 0 radical (unpaired) electrons. The fourth-order valence-electron chi connectivity index (χ4n) is 10.7. The van der Waals surface area contributed by atoms with Crippen molar-refractivity contribution >= 4 is 98.7 Å². The number of hydrogen-bond acceptors (Lipinski definition) is 8. The summed E-state index contributed by atoms with van der Waals surface area (Å²) in [7, 11) is 0. The molecule has 0 aliphatic carbocycles. The van der Waals surface area contributed by atoms with Crippen LogP contribution in [-0.2, 0) is 10.8 Å². The Kier molecular flexibility index (Phi) is 9.55. The first-order valence-corrected chi connectivity index (χ1v) is 24.9. The molecule has 0 amide bonds. The van der Waals surface area contributed by atoms with Crippen LogP contribution < -0.4 is 43.8 Å². The Hall–Kier alpha value is -5.12. The molecule has 0 unspecified atom stereocenters. The molecule has 7 aromatic rings. The maximum absolute atomic E-state index is 6.61. The lowest BCUT2D eigenvalue weighted by atomic mass is 9.39. The van der Waals surface area contributed by atoms with Crippen LogP contribution >= 0.6 is 22.7 Å². The maximum atomic E-state index is 6.61. The first-order chi connectivity index (χ1) is 30.5. The molecular weight excluding hydrogens is 828 g/mol. The van der Waals surface area contributed by atoms with E-state index < -0.39 is 0 Å². The second-order valence-corrected chi connectivity index (χ2v) is 23.0. The first-order valence-electron chi connectivity index (χ1n) is 23.2. The molecule has 11 rings (SSSR count). The number of thiophene rings is 2. The second-order valence-electron chi connectivity index (χ2n) is 20.9. The minimum absolute atomic E-state index is 0.0109. The Bertz CT molecular complexity index is 2890. The molecule has 4 aliphatic rings. The van der Waals surface area contributed by atoms with Crippen LogP contribution in [0, 0.1) is 27.7 Å². The molecule has 0 spiro atoms. The van der Waals surface area contributed by atoms with Crippen molar-refractivity contribution in [1.29, 1.82) is 0 Å². The van der Waals surface area contributed by atoms with Crippen LogP contribution in [0.25, 0.3) is 20.2 Å². The third kappa shape index (κ3) is 6.23. The van der Waals surface area contributed by atoms with E-state index in [-0.39, 0.29) is 23.5 Å². The summed E-state index contributed by atoms with van der Waals surface area (Å²) in [4.78, 5) is 5.28. The van der Waals surface area contributed by atoms with Crippen molar-refractivity contribution in [2.24, 2.45) is 0 Å². The lowest BCUT2D eigenvalue weighted by Crippen LogP contribution is -2.59. The van der Waals surface area contributed by atoms with Crippen molar-refractivity contribution < 1.29 is 18.9 Å². The van der Waals surface area contributed by atoms with E-state index in [4.69, 9.17) is 18.9 Å². The fraction of sp³-hybridized carbons (Fsp3) is 0.382. The number of fused-ring (bicyclic) bond motifs is 10. The van der Waals surface area contributed by atoms with Crippen LogP contribution in [0.5, 0.6) is 23.0 Å². The summed E-state index contributed by atoms with van der Waals surface area (Å²) in [5.74, 6) is 3.65. The molecule has 6 heterocycles. The van der Waals surface area contributed by atoms with Gasteiger partial charge in [-0.3, -0.25) is 0 Å². The third-order valence-electron chi connectivity index (χ3n) is 14.0. The minimum Gasteiger partial charge on any atom is -0.490 e. The Balaban J connectivity index is 1.31. The van der Waals surface area contributed by atoms with Gasteiger partial charge < -0.3 is 28.7 Å². The summed E-state index contributed by atoms with van der Waals surface area (Å²) in [5.41, 5.74) is 17.2. The van der Waals surface area contributed by atoms with E-state index in [1.54, 1.807) is 0 Å². The summed E-state index contributed by atoms with van der Waals surface area (Å²) in [6, 6.07) is 23.9. The third-order valence-corrected chi connectivity index (χ3v) is 16.4. The highest BCUT2D eigenvalue weighted by atomic mass is 32.1. The van der Waals surface area contributed by atoms with E-state index in [9.17, 15) is 0 Å². The van der Waals surface area contributed by atoms with E-state index >= 15 is 0 Å². The molecule has 0 saturated carbocycles. The molecule has 4 aliphatic heterocycles. The van der Waals surface area contributed by atoms with Gasteiger partial charge >= 0.3 is 0 Å². The van der Waals surface area contributed by atoms with Gasteiger partial charge in [0.05, 0.1) is 49.2 Å². The molecule has 0 N–H and O–H groups in total. The second kappa shape index (κ2) is 14.7. The number of hydrogen-bond donors (Lipinski definition) is 0. The summed E-state index contributed by atoms with van der Waals surface area (Å²) in [6.07, 6.45) is 1.71. The summed E-state index contributed by atoms with van der Waals surface area (Å²) in [5, 5.41) is 2.60. The van der Waals surface area contributed by atoms with E-state index in [1.165, 1.54) is 97.1 Å². The molecular formula is C55H59BN2O4S2. The number of rotatable bonds is 3. The molecule has 328 valence electrons. The summed E-state index contributed by atoms with van der Waals surface area (Å²) < 4.78 is 31.3. The zero-order valence-corrected chi connectivity index (χ0v) is 41.1. The van der Waals surface area contributed by atoms with Gasteiger partial charge in [-0.05, 0) is 126 Å². The van der Waals surface area contributed by atoms with Crippen molar-refractivity contribution in [2.75, 3.05) is 36.2 Å². The largest absolute Gasteiger partial charge is 0.490 e. The van der Waals surface area contributed by atoms with Gasteiger partial charge in [0.2, 0.25) is 0 Å². The number of aryl methyl sites for hydroxylation is 2. The Morgan fingerprint density at radius 2 is 0.969 bits per heavy atom. The minimum atomic E-state index is -0.0212. The lowest BCUT2D eigenvalue weighted by Gasteiger charge is -2.44. The Morgan fingerprint density at radius 1 is 0.547 bits per heavy atom. The monoisotopic (exact) mass is 886 g/mol. The average molecular weight is 887 g/mol. The predicted molar refractivity (Wildman–Crippen MR) is 273 cm³/mol. The van der Waals surface area contributed by atoms with Crippen LogP contribution in [0.15, 0.2) is 60.7 Å². The van der Waals surface area contributed by atoms with Gasteiger partial charge in [-0.2, -0.15) is 0 Å². The van der Waals surface area contributed by atoms with Crippen molar-refractivity contribution in [2.45, 2.75) is 113 Å². The molecule has 0 saturated heterocycles. The molecule has 2 aromatic heterocycles. The van der Waals surface area contributed by atoms with Crippen molar-refractivity contribution in [3.63, 3.8) is 0 Å². The summed E-state index contributed by atoms with van der Waals surface area (Å²) >= 11 is 3.94.